The topological polar surface area (TPSA) is 23.8 Å². The average Bonchev–Trinajstić information content (AvgIpc) is 2.64. The van der Waals surface area contributed by atoms with Crippen LogP contribution in [0.5, 0.6) is 0 Å². The highest BCUT2D eigenvalue weighted by molar-refractivity contribution is 7.79. The third-order valence-electron chi connectivity index (χ3n) is 3.95. The van der Waals surface area contributed by atoms with Gasteiger partial charge in [-0.05, 0) is 42.2 Å². The molecule has 0 N–H and O–H groups in total. The van der Waals surface area contributed by atoms with Gasteiger partial charge in [-0.1, -0.05) is 84.9 Å². The molecule has 24 heavy (non-hydrogen) atoms. The fraction of sp³-hybridized carbons (Fsp3) is 0.136. The Morgan fingerprint density at radius 3 is 1.88 bits per heavy atom. The van der Waals surface area contributed by atoms with E-state index >= 15 is 0 Å². The van der Waals surface area contributed by atoms with Crippen molar-refractivity contribution in [3.8, 4) is 6.07 Å². The van der Waals surface area contributed by atoms with E-state index in [-0.39, 0.29) is 0 Å². The van der Waals surface area contributed by atoms with Crippen molar-refractivity contribution in [3.05, 3.63) is 90.5 Å². The van der Waals surface area contributed by atoms with Crippen LogP contribution in [0.1, 0.15) is 18.4 Å². The van der Waals surface area contributed by atoms with E-state index in [1.807, 2.05) is 0 Å². The highest BCUT2D eigenvalue weighted by Gasteiger charge is 2.16. The van der Waals surface area contributed by atoms with Crippen LogP contribution < -0.4 is 15.9 Å². The standard InChI is InChI=1S/C22H20NP/c23-17-8-7-10-19-11-9-16-22(18-19)24(20-12-3-1-4-13-20)21-14-5-2-6-15-21/h1-6,9,11-16,18H,7-8,10H2. The van der Waals surface area contributed by atoms with E-state index in [0.29, 0.717) is 6.42 Å². The molecule has 0 unspecified atom stereocenters. The minimum absolute atomic E-state index is 0.546. The molecule has 2 heteroatoms. The molecule has 118 valence electrons. The number of hydrogen-bond acceptors (Lipinski definition) is 1. The van der Waals surface area contributed by atoms with E-state index in [4.69, 9.17) is 5.26 Å². The van der Waals surface area contributed by atoms with Gasteiger partial charge in [0, 0.05) is 6.42 Å². The van der Waals surface area contributed by atoms with E-state index in [1.54, 1.807) is 0 Å². The second kappa shape index (κ2) is 8.44. The number of unbranched alkanes of at least 4 members (excludes halogenated alkanes) is 1. The monoisotopic (exact) mass is 329 g/mol. The van der Waals surface area contributed by atoms with Gasteiger partial charge in [-0.25, -0.2) is 0 Å². The molecule has 0 atom stereocenters. The maximum atomic E-state index is 8.74. The molecular weight excluding hydrogens is 309 g/mol. The number of benzene rings is 3. The third-order valence-corrected chi connectivity index (χ3v) is 6.38. The van der Waals surface area contributed by atoms with Crippen molar-refractivity contribution in [1.82, 2.24) is 0 Å². The van der Waals surface area contributed by atoms with Gasteiger partial charge in [-0.2, -0.15) is 5.26 Å². The fourth-order valence-electron chi connectivity index (χ4n) is 2.82. The molecular formula is C22H20NP. The first-order valence-electron chi connectivity index (χ1n) is 8.24. The van der Waals surface area contributed by atoms with Gasteiger partial charge >= 0.3 is 0 Å². The van der Waals surface area contributed by atoms with Gasteiger partial charge in [0.25, 0.3) is 0 Å². The Morgan fingerprint density at radius 1 is 0.708 bits per heavy atom. The zero-order chi connectivity index (χ0) is 16.6. The van der Waals surface area contributed by atoms with E-state index in [2.05, 4.69) is 91.0 Å². The van der Waals surface area contributed by atoms with Crippen LogP contribution >= 0.6 is 7.92 Å². The van der Waals surface area contributed by atoms with E-state index in [9.17, 15) is 0 Å². The first kappa shape index (κ1) is 16.4. The summed E-state index contributed by atoms with van der Waals surface area (Å²) in [4.78, 5) is 0. The number of rotatable bonds is 6. The molecule has 0 spiro atoms. The molecule has 0 amide bonds. The molecule has 0 saturated carbocycles. The summed E-state index contributed by atoms with van der Waals surface area (Å²) >= 11 is 0. The van der Waals surface area contributed by atoms with Crippen LogP contribution in [0, 0.1) is 11.3 Å². The van der Waals surface area contributed by atoms with Crippen LogP contribution in [0.15, 0.2) is 84.9 Å². The van der Waals surface area contributed by atoms with Crippen molar-refractivity contribution < 1.29 is 0 Å². The minimum atomic E-state index is -0.546. The van der Waals surface area contributed by atoms with Crippen molar-refractivity contribution in [2.45, 2.75) is 19.3 Å². The number of nitrogens with zero attached hydrogens (tertiary/aromatic N) is 1. The van der Waals surface area contributed by atoms with Gasteiger partial charge in [0.2, 0.25) is 0 Å². The van der Waals surface area contributed by atoms with E-state index in [1.165, 1.54) is 21.5 Å². The van der Waals surface area contributed by atoms with Crippen molar-refractivity contribution in [1.29, 1.82) is 5.26 Å². The van der Waals surface area contributed by atoms with E-state index in [0.717, 1.165) is 12.8 Å². The normalized spacial score (nSPS) is 10.5. The second-order valence-corrected chi connectivity index (χ2v) is 7.91. The Balaban J connectivity index is 1.97. The zero-order valence-corrected chi connectivity index (χ0v) is 14.5. The van der Waals surface area contributed by atoms with Crippen molar-refractivity contribution >= 4 is 23.8 Å². The van der Waals surface area contributed by atoms with Crippen LogP contribution in [0.4, 0.5) is 0 Å². The van der Waals surface area contributed by atoms with Crippen molar-refractivity contribution in [2.24, 2.45) is 0 Å². The van der Waals surface area contributed by atoms with E-state index < -0.39 is 7.92 Å². The molecule has 0 aliphatic rings. The van der Waals surface area contributed by atoms with Gasteiger partial charge in [0.15, 0.2) is 0 Å². The molecule has 0 heterocycles. The Morgan fingerprint density at radius 2 is 1.29 bits per heavy atom. The lowest BCUT2D eigenvalue weighted by Crippen LogP contribution is -2.20. The van der Waals surface area contributed by atoms with Crippen LogP contribution in [-0.2, 0) is 6.42 Å². The molecule has 0 saturated heterocycles. The lowest BCUT2D eigenvalue weighted by atomic mass is 10.1. The molecule has 3 aromatic rings. The highest BCUT2D eigenvalue weighted by atomic mass is 31.1. The number of hydrogen-bond donors (Lipinski definition) is 0. The van der Waals surface area contributed by atoms with Crippen LogP contribution in [-0.4, -0.2) is 0 Å². The Hall–Kier alpha value is -2.42. The molecule has 0 fully saturated rings. The maximum Gasteiger partial charge on any atom is 0.0621 e. The Bertz CT molecular complexity index is 767. The summed E-state index contributed by atoms with van der Waals surface area (Å²) in [5.41, 5.74) is 1.32. The lowest BCUT2D eigenvalue weighted by molar-refractivity contribution is 0.851. The van der Waals surface area contributed by atoms with Gasteiger partial charge in [0.05, 0.1) is 6.07 Å². The quantitative estimate of drug-likeness (QED) is 0.489. The summed E-state index contributed by atoms with van der Waals surface area (Å²) in [6.07, 6.45) is 2.51. The molecule has 0 radical (unpaired) electrons. The van der Waals surface area contributed by atoms with Gasteiger partial charge in [-0.15, -0.1) is 0 Å². The predicted molar refractivity (Wildman–Crippen MR) is 104 cm³/mol. The number of aryl methyl sites for hydroxylation is 1. The number of nitriles is 1. The maximum absolute atomic E-state index is 8.74. The summed E-state index contributed by atoms with van der Waals surface area (Å²) in [5, 5.41) is 12.8. The van der Waals surface area contributed by atoms with Gasteiger partial charge in [-0.3, -0.25) is 0 Å². The summed E-state index contributed by atoms with van der Waals surface area (Å²) < 4.78 is 0. The van der Waals surface area contributed by atoms with Crippen LogP contribution in [0.3, 0.4) is 0 Å². The Kier molecular flexibility index (Phi) is 5.78. The third kappa shape index (κ3) is 4.10. The molecule has 0 aliphatic heterocycles. The summed E-state index contributed by atoms with van der Waals surface area (Å²) in [5.74, 6) is 0. The largest absolute Gasteiger partial charge is 0.198 e. The average molecular weight is 329 g/mol. The fourth-order valence-corrected chi connectivity index (χ4v) is 5.19. The van der Waals surface area contributed by atoms with Crippen LogP contribution in [0.25, 0.3) is 0 Å². The summed E-state index contributed by atoms with van der Waals surface area (Å²) in [6.45, 7) is 0. The predicted octanol–water partition coefficient (Wildman–Crippen LogP) is 4.29. The Labute approximate surface area is 145 Å². The molecule has 0 aliphatic carbocycles. The molecule has 3 rings (SSSR count). The first-order chi connectivity index (χ1) is 11.9. The minimum Gasteiger partial charge on any atom is -0.198 e. The first-order valence-corrected chi connectivity index (χ1v) is 9.59. The molecule has 0 bridgehead atoms. The van der Waals surface area contributed by atoms with Crippen LogP contribution in [0.2, 0.25) is 0 Å². The summed E-state index contributed by atoms with van der Waals surface area (Å²) in [7, 11) is -0.546. The second-order valence-electron chi connectivity index (χ2n) is 5.69. The molecule has 1 nitrogen and oxygen atoms in total. The lowest BCUT2D eigenvalue weighted by Gasteiger charge is -2.20. The smallest absolute Gasteiger partial charge is 0.0621 e. The van der Waals surface area contributed by atoms with Gasteiger partial charge < -0.3 is 0 Å². The van der Waals surface area contributed by atoms with Crippen molar-refractivity contribution in [2.75, 3.05) is 0 Å². The zero-order valence-electron chi connectivity index (χ0n) is 13.6. The molecule has 3 aromatic carbocycles. The molecule has 0 aromatic heterocycles. The highest BCUT2D eigenvalue weighted by Crippen LogP contribution is 2.32. The van der Waals surface area contributed by atoms with Gasteiger partial charge in [0.1, 0.15) is 0 Å². The SMILES string of the molecule is N#CCCCc1cccc(P(c2ccccc2)c2ccccc2)c1. The summed E-state index contributed by atoms with van der Waals surface area (Å²) in [6, 6.07) is 32.6. The van der Waals surface area contributed by atoms with Crippen molar-refractivity contribution in [3.63, 3.8) is 0 Å².